The van der Waals surface area contributed by atoms with Crippen molar-refractivity contribution in [1.82, 2.24) is 15.5 Å². The summed E-state index contributed by atoms with van der Waals surface area (Å²) in [5, 5.41) is 14.5. The molecule has 2 unspecified atom stereocenters. The van der Waals surface area contributed by atoms with Crippen molar-refractivity contribution < 1.29 is 29.0 Å². The van der Waals surface area contributed by atoms with Crippen LogP contribution in [0.15, 0.2) is 48.5 Å². The number of rotatable bonds is 10. The van der Waals surface area contributed by atoms with Gasteiger partial charge >= 0.3 is 12.1 Å². The summed E-state index contributed by atoms with van der Waals surface area (Å²) in [4.78, 5) is 38.9. The molecule has 0 saturated carbocycles. The summed E-state index contributed by atoms with van der Waals surface area (Å²) >= 11 is 0. The van der Waals surface area contributed by atoms with Gasteiger partial charge in [0.2, 0.25) is 5.91 Å². The first-order chi connectivity index (χ1) is 16.2. The number of carbonyl (C=O) groups is 3. The molecule has 0 bridgehead atoms. The van der Waals surface area contributed by atoms with Crippen LogP contribution in [0.1, 0.15) is 24.0 Å². The van der Waals surface area contributed by atoms with Crippen molar-refractivity contribution in [3.05, 3.63) is 59.7 Å². The molecule has 34 heavy (non-hydrogen) atoms. The van der Waals surface area contributed by atoms with E-state index in [1.165, 1.54) is 14.0 Å². The highest BCUT2D eigenvalue weighted by molar-refractivity contribution is 5.91. The number of benzene rings is 2. The summed E-state index contributed by atoms with van der Waals surface area (Å²) in [6.45, 7) is 1.37. The third-order valence-corrected chi connectivity index (χ3v) is 5.80. The van der Waals surface area contributed by atoms with Gasteiger partial charge in [-0.2, -0.15) is 0 Å². The van der Waals surface area contributed by atoms with Crippen LogP contribution in [-0.2, 0) is 19.1 Å². The van der Waals surface area contributed by atoms with E-state index in [-0.39, 0.29) is 25.7 Å². The summed E-state index contributed by atoms with van der Waals surface area (Å²) in [6, 6.07) is 15.0. The molecule has 0 aliphatic heterocycles. The number of carbonyl (C=O) groups excluding carboxylic acids is 2. The fourth-order valence-corrected chi connectivity index (χ4v) is 4.14. The van der Waals surface area contributed by atoms with Crippen LogP contribution in [0.2, 0.25) is 0 Å². The van der Waals surface area contributed by atoms with Crippen LogP contribution in [0, 0.1) is 0 Å². The lowest BCUT2D eigenvalue weighted by Gasteiger charge is -2.29. The Labute approximate surface area is 199 Å². The molecule has 3 rings (SSSR count). The SMILES string of the molecule is COCC(C)(NC(=O)C(CN(C)C)NC(=O)OCC1c2ccccc2-c2ccccc21)C(=O)O. The van der Waals surface area contributed by atoms with Crippen LogP contribution in [-0.4, -0.2) is 80.5 Å². The fourth-order valence-electron chi connectivity index (χ4n) is 4.14. The number of methoxy groups -OCH3 is 1. The molecule has 0 aromatic heterocycles. The maximum Gasteiger partial charge on any atom is 0.407 e. The van der Waals surface area contributed by atoms with Crippen LogP contribution in [0.5, 0.6) is 0 Å². The van der Waals surface area contributed by atoms with E-state index in [2.05, 4.69) is 10.6 Å². The van der Waals surface area contributed by atoms with Gasteiger partial charge in [-0.1, -0.05) is 48.5 Å². The van der Waals surface area contributed by atoms with Crippen molar-refractivity contribution in [2.75, 3.05) is 41.0 Å². The third-order valence-electron chi connectivity index (χ3n) is 5.80. The molecule has 9 heteroatoms. The number of nitrogens with zero attached hydrogens (tertiary/aromatic N) is 1. The number of hydrogen-bond donors (Lipinski definition) is 3. The van der Waals surface area contributed by atoms with Gasteiger partial charge < -0.3 is 30.1 Å². The molecule has 0 heterocycles. The topological polar surface area (TPSA) is 117 Å². The summed E-state index contributed by atoms with van der Waals surface area (Å²) in [6.07, 6.45) is -0.757. The molecular weight excluding hydrogens is 438 g/mol. The summed E-state index contributed by atoms with van der Waals surface area (Å²) in [7, 11) is 4.83. The Balaban J connectivity index is 1.69. The number of alkyl carbamates (subject to hydrolysis) is 1. The highest BCUT2D eigenvalue weighted by Crippen LogP contribution is 2.44. The molecule has 0 fully saturated rings. The quantitative estimate of drug-likeness (QED) is 0.488. The van der Waals surface area contributed by atoms with E-state index in [1.54, 1.807) is 19.0 Å². The lowest BCUT2D eigenvalue weighted by atomic mass is 9.98. The van der Waals surface area contributed by atoms with Gasteiger partial charge in [-0.15, -0.1) is 0 Å². The van der Waals surface area contributed by atoms with Gasteiger partial charge in [-0.05, 0) is 43.3 Å². The van der Waals surface area contributed by atoms with Crippen molar-refractivity contribution in [1.29, 1.82) is 0 Å². The molecule has 9 nitrogen and oxygen atoms in total. The number of ether oxygens (including phenoxy) is 2. The number of hydrogen-bond acceptors (Lipinski definition) is 6. The number of nitrogens with one attached hydrogen (secondary N) is 2. The van der Waals surface area contributed by atoms with E-state index >= 15 is 0 Å². The zero-order valence-corrected chi connectivity index (χ0v) is 19.8. The molecule has 2 aromatic rings. The summed E-state index contributed by atoms with van der Waals surface area (Å²) < 4.78 is 10.5. The Morgan fingerprint density at radius 2 is 1.62 bits per heavy atom. The molecule has 2 atom stereocenters. The van der Waals surface area contributed by atoms with Crippen LogP contribution in [0.25, 0.3) is 11.1 Å². The van der Waals surface area contributed by atoms with Crippen molar-refractivity contribution >= 4 is 18.0 Å². The lowest BCUT2D eigenvalue weighted by Crippen LogP contribution is -2.61. The zero-order valence-electron chi connectivity index (χ0n) is 19.8. The van der Waals surface area contributed by atoms with Gasteiger partial charge in [0.25, 0.3) is 0 Å². The number of amides is 2. The average molecular weight is 470 g/mol. The largest absolute Gasteiger partial charge is 0.479 e. The van der Waals surface area contributed by atoms with E-state index in [1.807, 2.05) is 48.5 Å². The monoisotopic (exact) mass is 469 g/mol. The molecule has 182 valence electrons. The minimum atomic E-state index is -1.64. The highest BCUT2D eigenvalue weighted by Gasteiger charge is 2.37. The fraction of sp³-hybridized carbons (Fsp3) is 0.400. The maximum absolute atomic E-state index is 12.9. The van der Waals surface area contributed by atoms with E-state index in [4.69, 9.17) is 9.47 Å². The van der Waals surface area contributed by atoms with Crippen LogP contribution >= 0.6 is 0 Å². The van der Waals surface area contributed by atoms with Crippen molar-refractivity contribution in [2.45, 2.75) is 24.4 Å². The van der Waals surface area contributed by atoms with Gasteiger partial charge in [0.05, 0.1) is 6.61 Å². The van der Waals surface area contributed by atoms with Gasteiger partial charge in [0.1, 0.15) is 12.6 Å². The van der Waals surface area contributed by atoms with Crippen LogP contribution < -0.4 is 10.6 Å². The Hall–Kier alpha value is -3.43. The number of aliphatic carboxylic acids is 1. The standard InChI is InChI=1S/C25H31N3O6/c1-25(15-33-4,23(30)31)27-22(29)21(13-28(2)3)26-24(32)34-14-20-18-11-7-5-9-16(18)17-10-6-8-12-19(17)20/h5-12,20-21H,13-15H2,1-4H3,(H,26,32)(H,27,29)(H,30,31). The van der Waals surface area contributed by atoms with Gasteiger partial charge in [-0.3, -0.25) is 4.79 Å². The van der Waals surface area contributed by atoms with E-state index < -0.39 is 29.6 Å². The first-order valence-electron chi connectivity index (χ1n) is 11.0. The van der Waals surface area contributed by atoms with E-state index in [0.717, 1.165) is 22.3 Å². The maximum atomic E-state index is 12.9. The summed E-state index contributed by atoms with van der Waals surface area (Å²) in [5.74, 6) is -2.01. The summed E-state index contributed by atoms with van der Waals surface area (Å²) in [5.41, 5.74) is 2.75. The van der Waals surface area contributed by atoms with E-state index in [0.29, 0.717) is 0 Å². The number of carboxylic acids is 1. The van der Waals surface area contributed by atoms with Crippen LogP contribution in [0.3, 0.4) is 0 Å². The Morgan fingerprint density at radius 1 is 1.06 bits per heavy atom. The molecule has 1 aliphatic rings. The number of carboxylic acid groups (broad SMARTS) is 1. The molecule has 0 spiro atoms. The van der Waals surface area contributed by atoms with Gasteiger partial charge in [0, 0.05) is 19.6 Å². The van der Waals surface area contributed by atoms with Gasteiger partial charge in [-0.25, -0.2) is 9.59 Å². The Kier molecular flexibility index (Phi) is 7.90. The smallest absolute Gasteiger partial charge is 0.407 e. The average Bonchev–Trinajstić information content (AvgIpc) is 3.10. The molecular formula is C25H31N3O6. The van der Waals surface area contributed by atoms with Gasteiger partial charge in [0.15, 0.2) is 5.54 Å². The molecule has 1 aliphatic carbocycles. The minimum absolute atomic E-state index is 0.104. The Morgan fingerprint density at radius 3 is 2.12 bits per heavy atom. The molecule has 0 saturated heterocycles. The molecule has 2 amide bonds. The second kappa shape index (κ2) is 10.7. The molecule has 3 N–H and O–H groups in total. The number of likely N-dealkylation sites (N-methyl/N-ethyl adjacent to an activating group) is 1. The highest BCUT2D eigenvalue weighted by atomic mass is 16.5. The Bertz CT molecular complexity index is 1010. The van der Waals surface area contributed by atoms with Crippen molar-refractivity contribution in [3.63, 3.8) is 0 Å². The lowest BCUT2D eigenvalue weighted by molar-refractivity contribution is -0.149. The third kappa shape index (κ3) is 5.55. The predicted octanol–water partition coefficient (Wildman–Crippen LogP) is 2.06. The zero-order chi connectivity index (χ0) is 24.9. The second-order valence-corrected chi connectivity index (χ2v) is 8.84. The van der Waals surface area contributed by atoms with Crippen molar-refractivity contribution in [3.8, 4) is 11.1 Å². The first-order valence-corrected chi connectivity index (χ1v) is 11.0. The predicted molar refractivity (Wildman–Crippen MR) is 127 cm³/mol. The second-order valence-electron chi connectivity index (χ2n) is 8.84. The molecule has 2 aromatic carbocycles. The normalized spacial score (nSPS) is 15.1. The van der Waals surface area contributed by atoms with Crippen molar-refractivity contribution in [2.24, 2.45) is 0 Å². The minimum Gasteiger partial charge on any atom is -0.479 e. The number of fused-ring (bicyclic) bond motifs is 3. The van der Waals surface area contributed by atoms with Crippen LogP contribution in [0.4, 0.5) is 4.79 Å². The van der Waals surface area contributed by atoms with E-state index in [9.17, 15) is 19.5 Å². The first kappa shape index (κ1) is 25.2. The molecule has 0 radical (unpaired) electrons.